The SMILES string of the molecule is C=Cc1cc(C(C)C)nc(CO)n1. The van der Waals surface area contributed by atoms with Crippen LogP contribution in [0.25, 0.3) is 6.08 Å². The second kappa shape index (κ2) is 4.14. The van der Waals surface area contributed by atoms with E-state index >= 15 is 0 Å². The zero-order valence-electron chi connectivity index (χ0n) is 7.99. The van der Waals surface area contributed by atoms with Crippen LogP contribution in [0.15, 0.2) is 12.6 Å². The summed E-state index contributed by atoms with van der Waals surface area (Å²) in [5, 5.41) is 8.90. The minimum absolute atomic E-state index is 0.124. The number of nitrogens with zero attached hydrogens (tertiary/aromatic N) is 2. The summed E-state index contributed by atoms with van der Waals surface area (Å²) >= 11 is 0. The molecule has 3 nitrogen and oxygen atoms in total. The van der Waals surface area contributed by atoms with Crippen molar-refractivity contribution in [1.82, 2.24) is 9.97 Å². The molecule has 0 bridgehead atoms. The van der Waals surface area contributed by atoms with Crippen LogP contribution >= 0.6 is 0 Å². The van der Waals surface area contributed by atoms with E-state index in [0.717, 1.165) is 11.4 Å². The molecule has 0 atom stereocenters. The average Bonchev–Trinajstić information content (AvgIpc) is 2.16. The zero-order chi connectivity index (χ0) is 9.84. The van der Waals surface area contributed by atoms with E-state index in [4.69, 9.17) is 5.11 Å². The van der Waals surface area contributed by atoms with Gasteiger partial charge in [0.1, 0.15) is 6.61 Å². The maximum absolute atomic E-state index is 8.90. The Balaban J connectivity index is 3.14. The van der Waals surface area contributed by atoms with Gasteiger partial charge in [0.05, 0.1) is 5.69 Å². The highest BCUT2D eigenvalue weighted by atomic mass is 16.3. The third kappa shape index (κ3) is 2.36. The molecule has 1 heterocycles. The van der Waals surface area contributed by atoms with Gasteiger partial charge in [0.2, 0.25) is 0 Å². The summed E-state index contributed by atoms with van der Waals surface area (Å²) in [4.78, 5) is 8.26. The minimum Gasteiger partial charge on any atom is -0.388 e. The molecule has 0 aliphatic heterocycles. The molecule has 1 aromatic heterocycles. The molecule has 0 spiro atoms. The lowest BCUT2D eigenvalue weighted by Crippen LogP contribution is -2.02. The van der Waals surface area contributed by atoms with E-state index in [0.29, 0.717) is 11.7 Å². The number of hydrogen-bond acceptors (Lipinski definition) is 3. The quantitative estimate of drug-likeness (QED) is 0.766. The van der Waals surface area contributed by atoms with E-state index < -0.39 is 0 Å². The summed E-state index contributed by atoms with van der Waals surface area (Å²) in [6.45, 7) is 7.62. The number of rotatable bonds is 3. The molecule has 1 N–H and O–H groups in total. The van der Waals surface area contributed by atoms with Crippen LogP contribution in [0.5, 0.6) is 0 Å². The van der Waals surface area contributed by atoms with Gasteiger partial charge in [0.15, 0.2) is 5.82 Å². The van der Waals surface area contributed by atoms with Crippen molar-refractivity contribution in [2.45, 2.75) is 26.4 Å². The number of aliphatic hydroxyl groups excluding tert-OH is 1. The molecule has 0 fully saturated rings. The van der Waals surface area contributed by atoms with Crippen LogP contribution in [0.4, 0.5) is 0 Å². The zero-order valence-corrected chi connectivity index (χ0v) is 7.99. The predicted molar refractivity (Wildman–Crippen MR) is 52.1 cm³/mol. The summed E-state index contributed by atoms with van der Waals surface area (Å²) in [6, 6.07) is 1.89. The third-order valence-electron chi connectivity index (χ3n) is 1.75. The highest BCUT2D eigenvalue weighted by Gasteiger charge is 2.04. The molecular formula is C10H14N2O. The Bertz CT molecular complexity index is 308. The van der Waals surface area contributed by atoms with E-state index in [9.17, 15) is 0 Å². The Hall–Kier alpha value is -1.22. The summed E-state index contributed by atoms with van der Waals surface area (Å²) < 4.78 is 0. The molecule has 3 heteroatoms. The van der Waals surface area contributed by atoms with Gasteiger partial charge in [-0.2, -0.15) is 0 Å². The van der Waals surface area contributed by atoms with Crippen molar-refractivity contribution in [1.29, 1.82) is 0 Å². The lowest BCUT2D eigenvalue weighted by atomic mass is 10.1. The minimum atomic E-state index is -0.124. The van der Waals surface area contributed by atoms with Crippen molar-refractivity contribution >= 4 is 6.08 Å². The standard InChI is InChI=1S/C10H14N2O/c1-4-8-5-9(7(2)3)12-10(6-13)11-8/h4-5,7,13H,1,6H2,2-3H3. The van der Waals surface area contributed by atoms with Gasteiger partial charge in [0.25, 0.3) is 0 Å². The smallest absolute Gasteiger partial charge is 0.154 e. The third-order valence-corrected chi connectivity index (χ3v) is 1.75. The molecule has 0 aliphatic carbocycles. The summed E-state index contributed by atoms with van der Waals surface area (Å²) in [5.74, 6) is 0.799. The highest BCUT2D eigenvalue weighted by molar-refractivity contribution is 5.42. The van der Waals surface area contributed by atoms with Gasteiger partial charge in [-0.1, -0.05) is 20.4 Å². The van der Waals surface area contributed by atoms with Crippen molar-refractivity contribution in [2.24, 2.45) is 0 Å². The monoisotopic (exact) mass is 178 g/mol. The fourth-order valence-electron chi connectivity index (χ4n) is 1.01. The second-order valence-corrected chi connectivity index (χ2v) is 3.15. The number of hydrogen-bond donors (Lipinski definition) is 1. The lowest BCUT2D eigenvalue weighted by molar-refractivity contribution is 0.270. The van der Waals surface area contributed by atoms with Gasteiger partial charge in [0, 0.05) is 5.69 Å². The van der Waals surface area contributed by atoms with Crippen LogP contribution in [0, 0.1) is 0 Å². The summed E-state index contributed by atoms with van der Waals surface area (Å²) in [5.41, 5.74) is 1.71. The first kappa shape index (κ1) is 9.86. The Morgan fingerprint density at radius 3 is 2.69 bits per heavy atom. The fraction of sp³-hybridized carbons (Fsp3) is 0.400. The molecule has 1 aromatic rings. The largest absolute Gasteiger partial charge is 0.388 e. The van der Waals surface area contributed by atoms with Gasteiger partial charge >= 0.3 is 0 Å². The van der Waals surface area contributed by atoms with Crippen molar-refractivity contribution in [3.8, 4) is 0 Å². The fourth-order valence-corrected chi connectivity index (χ4v) is 1.01. The van der Waals surface area contributed by atoms with Gasteiger partial charge in [-0.3, -0.25) is 0 Å². The van der Waals surface area contributed by atoms with E-state index in [1.165, 1.54) is 0 Å². The molecule has 0 saturated carbocycles. The highest BCUT2D eigenvalue weighted by Crippen LogP contribution is 2.13. The van der Waals surface area contributed by atoms with Crippen LogP contribution in [-0.4, -0.2) is 15.1 Å². The van der Waals surface area contributed by atoms with Crippen molar-refractivity contribution in [2.75, 3.05) is 0 Å². The van der Waals surface area contributed by atoms with Crippen molar-refractivity contribution in [3.05, 3.63) is 29.9 Å². The van der Waals surface area contributed by atoms with Gasteiger partial charge in [-0.05, 0) is 18.1 Å². The first-order valence-corrected chi connectivity index (χ1v) is 4.28. The molecule has 0 aliphatic rings. The van der Waals surface area contributed by atoms with Crippen molar-refractivity contribution < 1.29 is 5.11 Å². The molecule has 0 unspecified atom stereocenters. The molecule has 13 heavy (non-hydrogen) atoms. The average molecular weight is 178 g/mol. The van der Waals surface area contributed by atoms with Gasteiger partial charge in [-0.25, -0.2) is 9.97 Å². The first-order chi connectivity index (χ1) is 6.17. The molecule has 0 aromatic carbocycles. The van der Waals surface area contributed by atoms with Crippen LogP contribution in [0.2, 0.25) is 0 Å². The molecule has 0 amide bonds. The Labute approximate surface area is 78.2 Å². The van der Waals surface area contributed by atoms with Gasteiger partial charge in [-0.15, -0.1) is 0 Å². The van der Waals surface area contributed by atoms with Crippen LogP contribution in [0.1, 0.15) is 37.0 Å². The summed E-state index contributed by atoms with van der Waals surface area (Å²) in [7, 11) is 0. The number of aliphatic hydroxyl groups is 1. The molecule has 1 rings (SSSR count). The Morgan fingerprint density at radius 1 is 1.54 bits per heavy atom. The number of aromatic nitrogens is 2. The Kier molecular flexibility index (Phi) is 3.14. The summed E-state index contributed by atoms with van der Waals surface area (Å²) in [6.07, 6.45) is 1.66. The van der Waals surface area contributed by atoms with E-state index in [-0.39, 0.29) is 6.61 Å². The van der Waals surface area contributed by atoms with Crippen LogP contribution in [-0.2, 0) is 6.61 Å². The maximum atomic E-state index is 8.90. The molecule has 0 saturated heterocycles. The first-order valence-electron chi connectivity index (χ1n) is 4.28. The predicted octanol–water partition coefficient (Wildman–Crippen LogP) is 1.74. The van der Waals surface area contributed by atoms with Crippen LogP contribution < -0.4 is 0 Å². The normalized spacial score (nSPS) is 10.5. The molecular weight excluding hydrogens is 164 g/mol. The van der Waals surface area contributed by atoms with E-state index in [1.807, 2.05) is 6.07 Å². The topological polar surface area (TPSA) is 46.0 Å². The van der Waals surface area contributed by atoms with E-state index in [2.05, 4.69) is 30.4 Å². The van der Waals surface area contributed by atoms with Gasteiger partial charge < -0.3 is 5.11 Å². The lowest BCUT2D eigenvalue weighted by Gasteiger charge is -2.06. The van der Waals surface area contributed by atoms with Crippen molar-refractivity contribution in [3.63, 3.8) is 0 Å². The van der Waals surface area contributed by atoms with Crippen LogP contribution in [0.3, 0.4) is 0 Å². The maximum Gasteiger partial charge on any atom is 0.154 e. The Morgan fingerprint density at radius 2 is 2.23 bits per heavy atom. The molecule has 0 radical (unpaired) electrons. The molecule has 70 valence electrons. The van der Waals surface area contributed by atoms with E-state index in [1.54, 1.807) is 6.08 Å². The second-order valence-electron chi connectivity index (χ2n) is 3.15.